The quantitative estimate of drug-likeness (QED) is 0.925. The Balaban J connectivity index is 2.18. The topological polar surface area (TPSA) is 75.4 Å². The molecule has 1 aliphatic rings. The van der Waals surface area contributed by atoms with E-state index in [2.05, 4.69) is 25.9 Å². The molecule has 0 saturated carbocycles. The molecule has 1 aliphatic heterocycles. The predicted octanol–water partition coefficient (Wildman–Crippen LogP) is 2.81. The first-order valence-corrected chi connectivity index (χ1v) is 8.30. The standard InChI is InChI=1S/C17H27N3O3/c1-12-11-14(18-20(12)17(2,3)4)16(23)19-10-6-5-7-13(19)8-9-15(21)22/h11,13H,5-10H2,1-4H3,(H,21,22)/t13-/m0/s1. The molecule has 1 atom stereocenters. The molecule has 0 unspecified atom stereocenters. The normalized spacial score (nSPS) is 19.0. The molecular weight excluding hydrogens is 294 g/mol. The van der Waals surface area contributed by atoms with Crippen LogP contribution in [-0.4, -0.2) is 44.3 Å². The van der Waals surface area contributed by atoms with Crippen molar-refractivity contribution in [2.75, 3.05) is 6.54 Å². The molecule has 1 saturated heterocycles. The monoisotopic (exact) mass is 321 g/mol. The van der Waals surface area contributed by atoms with Crippen molar-refractivity contribution in [1.82, 2.24) is 14.7 Å². The minimum Gasteiger partial charge on any atom is -0.481 e. The van der Waals surface area contributed by atoms with E-state index in [0.717, 1.165) is 25.0 Å². The average Bonchev–Trinajstić information content (AvgIpc) is 2.86. The largest absolute Gasteiger partial charge is 0.481 e. The van der Waals surface area contributed by atoms with Gasteiger partial charge in [0.2, 0.25) is 0 Å². The summed E-state index contributed by atoms with van der Waals surface area (Å²) in [5.41, 5.74) is 1.24. The highest BCUT2D eigenvalue weighted by Gasteiger charge is 2.30. The number of carbonyl (C=O) groups is 2. The molecule has 1 aromatic rings. The zero-order valence-corrected chi connectivity index (χ0v) is 14.5. The van der Waals surface area contributed by atoms with Crippen molar-refractivity contribution >= 4 is 11.9 Å². The number of amides is 1. The van der Waals surface area contributed by atoms with Crippen molar-refractivity contribution in [2.24, 2.45) is 0 Å². The van der Waals surface area contributed by atoms with Crippen LogP contribution in [0, 0.1) is 6.92 Å². The van der Waals surface area contributed by atoms with Gasteiger partial charge in [0.05, 0.1) is 5.54 Å². The second-order valence-electron chi connectivity index (χ2n) is 7.33. The maximum absolute atomic E-state index is 12.8. The number of hydrogen-bond acceptors (Lipinski definition) is 3. The third kappa shape index (κ3) is 4.12. The van der Waals surface area contributed by atoms with Gasteiger partial charge in [0, 0.05) is 24.7 Å². The minimum atomic E-state index is -0.809. The van der Waals surface area contributed by atoms with Crippen molar-refractivity contribution < 1.29 is 14.7 Å². The van der Waals surface area contributed by atoms with Gasteiger partial charge in [-0.05, 0) is 59.4 Å². The predicted molar refractivity (Wildman–Crippen MR) is 87.5 cm³/mol. The molecule has 128 valence electrons. The van der Waals surface area contributed by atoms with Gasteiger partial charge >= 0.3 is 5.97 Å². The Bertz CT molecular complexity index is 586. The molecule has 0 aliphatic carbocycles. The van der Waals surface area contributed by atoms with E-state index in [1.807, 2.05) is 22.6 Å². The van der Waals surface area contributed by atoms with Gasteiger partial charge in [-0.15, -0.1) is 0 Å². The van der Waals surface area contributed by atoms with Crippen LogP contribution in [0.4, 0.5) is 0 Å². The molecule has 1 aromatic heterocycles. The van der Waals surface area contributed by atoms with Crippen molar-refractivity contribution in [3.8, 4) is 0 Å². The van der Waals surface area contributed by atoms with Crippen molar-refractivity contribution in [2.45, 2.75) is 71.4 Å². The van der Waals surface area contributed by atoms with E-state index in [1.165, 1.54) is 0 Å². The highest BCUT2D eigenvalue weighted by Crippen LogP contribution is 2.24. The van der Waals surface area contributed by atoms with Crippen LogP contribution in [0.3, 0.4) is 0 Å². The van der Waals surface area contributed by atoms with Crippen LogP contribution in [0.2, 0.25) is 0 Å². The van der Waals surface area contributed by atoms with Gasteiger partial charge in [-0.25, -0.2) is 0 Å². The molecule has 2 heterocycles. The summed E-state index contributed by atoms with van der Waals surface area (Å²) >= 11 is 0. The zero-order chi connectivity index (χ0) is 17.2. The van der Waals surface area contributed by atoms with E-state index in [0.29, 0.717) is 18.7 Å². The van der Waals surface area contributed by atoms with E-state index in [-0.39, 0.29) is 23.9 Å². The molecule has 1 amide bonds. The van der Waals surface area contributed by atoms with Gasteiger partial charge in [0.15, 0.2) is 5.69 Å². The first-order valence-electron chi connectivity index (χ1n) is 8.30. The Morgan fingerprint density at radius 2 is 2.04 bits per heavy atom. The van der Waals surface area contributed by atoms with E-state index < -0.39 is 5.97 Å². The fourth-order valence-corrected chi connectivity index (χ4v) is 3.26. The number of carbonyl (C=O) groups excluding carboxylic acids is 1. The van der Waals surface area contributed by atoms with Crippen molar-refractivity contribution in [3.63, 3.8) is 0 Å². The number of aromatic nitrogens is 2. The first-order chi connectivity index (χ1) is 10.7. The third-order valence-corrected chi connectivity index (χ3v) is 4.32. The van der Waals surface area contributed by atoms with Crippen LogP contribution in [0.25, 0.3) is 0 Å². The number of carboxylic acids is 1. The highest BCUT2D eigenvalue weighted by atomic mass is 16.4. The minimum absolute atomic E-state index is 0.00689. The number of likely N-dealkylation sites (tertiary alicyclic amines) is 1. The smallest absolute Gasteiger partial charge is 0.303 e. The molecule has 0 radical (unpaired) electrons. The van der Waals surface area contributed by atoms with Gasteiger partial charge < -0.3 is 10.0 Å². The van der Waals surface area contributed by atoms with Crippen LogP contribution in [0.15, 0.2) is 6.07 Å². The molecular formula is C17H27N3O3. The summed E-state index contributed by atoms with van der Waals surface area (Å²) in [7, 11) is 0. The molecule has 23 heavy (non-hydrogen) atoms. The van der Waals surface area contributed by atoms with Crippen LogP contribution < -0.4 is 0 Å². The highest BCUT2D eigenvalue weighted by molar-refractivity contribution is 5.92. The maximum Gasteiger partial charge on any atom is 0.303 e. The summed E-state index contributed by atoms with van der Waals surface area (Å²) in [5, 5.41) is 13.4. The Morgan fingerprint density at radius 1 is 1.35 bits per heavy atom. The van der Waals surface area contributed by atoms with Gasteiger partial charge in [-0.3, -0.25) is 14.3 Å². The summed E-state index contributed by atoms with van der Waals surface area (Å²) in [6, 6.07) is 1.84. The van der Waals surface area contributed by atoms with Crippen molar-refractivity contribution in [3.05, 3.63) is 17.5 Å². The molecule has 6 heteroatoms. The van der Waals surface area contributed by atoms with Gasteiger partial charge in [-0.1, -0.05) is 0 Å². The van der Waals surface area contributed by atoms with E-state index in [9.17, 15) is 9.59 Å². The summed E-state index contributed by atoms with van der Waals surface area (Å²) in [6.45, 7) is 8.80. The number of aryl methyl sites for hydroxylation is 1. The summed E-state index contributed by atoms with van der Waals surface area (Å²) in [4.78, 5) is 25.5. The van der Waals surface area contributed by atoms with Crippen LogP contribution in [0.5, 0.6) is 0 Å². The SMILES string of the molecule is Cc1cc(C(=O)N2CCCC[C@H]2CCC(=O)O)nn1C(C)(C)C. The van der Waals surface area contributed by atoms with Gasteiger partial charge in [0.1, 0.15) is 0 Å². The van der Waals surface area contributed by atoms with Gasteiger partial charge in [0.25, 0.3) is 5.91 Å². The molecule has 0 spiro atoms. The third-order valence-electron chi connectivity index (χ3n) is 4.32. The summed E-state index contributed by atoms with van der Waals surface area (Å²) < 4.78 is 1.87. The molecule has 6 nitrogen and oxygen atoms in total. The number of rotatable bonds is 4. The second kappa shape index (κ2) is 6.72. The van der Waals surface area contributed by atoms with E-state index >= 15 is 0 Å². The second-order valence-corrected chi connectivity index (χ2v) is 7.33. The summed E-state index contributed by atoms with van der Waals surface area (Å²) in [6.07, 6.45) is 3.50. The lowest BCUT2D eigenvalue weighted by molar-refractivity contribution is -0.137. The van der Waals surface area contributed by atoms with E-state index in [1.54, 1.807) is 0 Å². The molecule has 2 rings (SSSR count). The van der Waals surface area contributed by atoms with Crippen molar-refractivity contribution in [1.29, 1.82) is 0 Å². The molecule has 1 N–H and O–H groups in total. The average molecular weight is 321 g/mol. The number of nitrogens with zero attached hydrogens (tertiary/aromatic N) is 3. The molecule has 0 aromatic carbocycles. The van der Waals surface area contributed by atoms with Crippen LogP contribution in [-0.2, 0) is 10.3 Å². The number of hydrogen-bond donors (Lipinski definition) is 1. The lowest BCUT2D eigenvalue weighted by Crippen LogP contribution is -2.44. The fraction of sp³-hybridized carbons (Fsp3) is 0.706. The molecule has 1 fully saturated rings. The number of aliphatic carboxylic acids is 1. The Labute approximate surface area is 137 Å². The number of carboxylic acid groups (broad SMARTS) is 1. The lowest BCUT2D eigenvalue weighted by atomic mass is 9.97. The lowest BCUT2D eigenvalue weighted by Gasteiger charge is -2.35. The first kappa shape index (κ1) is 17.5. The number of piperidine rings is 1. The van der Waals surface area contributed by atoms with E-state index in [4.69, 9.17) is 5.11 Å². The maximum atomic E-state index is 12.8. The Kier molecular flexibility index (Phi) is 5.12. The molecule has 0 bridgehead atoms. The fourth-order valence-electron chi connectivity index (χ4n) is 3.26. The Hall–Kier alpha value is -1.85. The van der Waals surface area contributed by atoms with Gasteiger partial charge in [-0.2, -0.15) is 5.10 Å². The van der Waals surface area contributed by atoms with Crippen LogP contribution in [0.1, 0.15) is 69.1 Å². The van der Waals surface area contributed by atoms with Crippen LogP contribution >= 0.6 is 0 Å². The zero-order valence-electron chi connectivity index (χ0n) is 14.5. The summed E-state index contributed by atoms with van der Waals surface area (Å²) in [5.74, 6) is -0.887. The Morgan fingerprint density at radius 3 is 2.61 bits per heavy atom.